The Hall–Kier alpha value is 0.340. The Morgan fingerprint density at radius 2 is 1.75 bits per heavy atom. The molecule has 12 heavy (non-hydrogen) atoms. The van der Waals surface area contributed by atoms with Crippen molar-refractivity contribution in [3.05, 3.63) is 0 Å². The molecule has 0 aromatic heterocycles. The molecule has 1 rings (SSSR count). The molecular formula is C9H15BrF2. The molecule has 0 aromatic rings. The number of rotatable bonds is 3. The topological polar surface area (TPSA) is 0 Å². The van der Waals surface area contributed by atoms with Crippen LogP contribution >= 0.6 is 15.9 Å². The third-order valence-electron chi connectivity index (χ3n) is 2.79. The predicted molar refractivity (Wildman–Crippen MR) is 49.9 cm³/mol. The van der Waals surface area contributed by atoms with Gasteiger partial charge in [-0.15, -0.1) is 0 Å². The minimum atomic E-state index is -2.14. The molecule has 0 bridgehead atoms. The molecule has 0 unspecified atom stereocenters. The third kappa shape index (κ3) is 2.68. The summed E-state index contributed by atoms with van der Waals surface area (Å²) in [5, 5.41) is 0.740. The van der Waals surface area contributed by atoms with Gasteiger partial charge in [0, 0.05) is 11.8 Å². The normalized spacial score (nSPS) is 23.0. The van der Waals surface area contributed by atoms with E-state index in [1.165, 1.54) is 6.42 Å². The SMILES string of the molecule is FC(F)CC1(CBr)CCCCC1. The Labute approximate surface area is 80.9 Å². The van der Waals surface area contributed by atoms with Crippen LogP contribution in [0, 0.1) is 5.41 Å². The van der Waals surface area contributed by atoms with Crippen molar-refractivity contribution in [3.63, 3.8) is 0 Å². The largest absolute Gasteiger partial charge is 0.239 e. The maximum Gasteiger partial charge on any atom is 0.239 e. The molecule has 1 aliphatic carbocycles. The van der Waals surface area contributed by atoms with Gasteiger partial charge in [0.25, 0.3) is 0 Å². The molecule has 72 valence electrons. The van der Waals surface area contributed by atoms with E-state index in [4.69, 9.17) is 0 Å². The van der Waals surface area contributed by atoms with Crippen LogP contribution in [-0.2, 0) is 0 Å². The first-order valence-electron chi connectivity index (χ1n) is 4.53. The Morgan fingerprint density at radius 3 is 2.17 bits per heavy atom. The minimum absolute atomic E-state index is 0.0816. The van der Waals surface area contributed by atoms with Crippen molar-refractivity contribution >= 4 is 15.9 Å². The molecule has 3 heteroatoms. The lowest BCUT2D eigenvalue weighted by Crippen LogP contribution is -2.28. The maximum atomic E-state index is 12.2. The minimum Gasteiger partial charge on any atom is -0.211 e. The van der Waals surface area contributed by atoms with Crippen molar-refractivity contribution in [2.45, 2.75) is 45.0 Å². The highest BCUT2D eigenvalue weighted by Gasteiger charge is 2.33. The summed E-state index contributed by atoms with van der Waals surface area (Å²) in [5.41, 5.74) is -0.0909. The molecule has 0 saturated heterocycles. The third-order valence-corrected chi connectivity index (χ3v) is 3.97. The standard InChI is InChI=1S/C9H15BrF2/c10-7-9(6-8(11)12)4-2-1-3-5-9/h8H,1-7H2. The van der Waals surface area contributed by atoms with Crippen LogP contribution in [0.25, 0.3) is 0 Å². The molecule has 1 aliphatic rings. The Balaban J connectivity index is 2.48. The summed E-state index contributed by atoms with van der Waals surface area (Å²) in [4.78, 5) is 0. The van der Waals surface area contributed by atoms with Gasteiger partial charge in [0.2, 0.25) is 6.43 Å². The van der Waals surface area contributed by atoms with Gasteiger partial charge >= 0.3 is 0 Å². The van der Waals surface area contributed by atoms with Gasteiger partial charge in [0.05, 0.1) is 0 Å². The van der Waals surface area contributed by atoms with Crippen LogP contribution in [0.15, 0.2) is 0 Å². The Kier molecular flexibility index (Phi) is 3.94. The van der Waals surface area contributed by atoms with Crippen LogP contribution in [0.2, 0.25) is 0 Å². The monoisotopic (exact) mass is 240 g/mol. The van der Waals surface area contributed by atoms with Crippen molar-refractivity contribution < 1.29 is 8.78 Å². The summed E-state index contributed by atoms with van der Waals surface area (Å²) in [6.45, 7) is 0. The smallest absolute Gasteiger partial charge is 0.211 e. The van der Waals surface area contributed by atoms with Gasteiger partial charge in [-0.05, 0) is 18.3 Å². The molecule has 0 aromatic carbocycles. The lowest BCUT2D eigenvalue weighted by Gasteiger charge is -2.35. The van der Waals surface area contributed by atoms with Crippen molar-refractivity contribution in [2.75, 3.05) is 5.33 Å². The molecule has 0 N–H and O–H groups in total. The molecule has 0 heterocycles. The van der Waals surface area contributed by atoms with Crippen LogP contribution < -0.4 is 0 Å². The van der Waals surface area contributed by atoms with Gasteiger partial charge in [-0.1, -0.05) is 35.2 Å². The fourth-order valence-corrected chi connectivity index (χ4v) is 2.81. The van der Waals surface area contributed by atoms with Gasteiger partial charge in [0.15, 0.2) is 0 Å². The average molecular weight is 241 g/mol. The predicted octanol–water partition coefficient (Wildman–Crippen LogP) is 3.99. The van der Waals surface area contributed by atoms with E-state index < -0.39 is 6.43 Å². The van der Waals surface area contributed by atoms with Crippen LogP contribution in [0.5, 0.6) is 0 Å². The molecule has 0 spiro atoms. The zero-order chi connectivity index (χ0) is 9.03. The highest BCUT2D eigenvalue weighted by molar-refractivity contribution is 9.09. The van der Waals surface area contributed by atoms with Crippen molar-refractivity contribution in [1.82, 2.24) is 0 Å². The summed E-state index contributed by atoms with van der Waals surface area (Å²) in [6, 6.07) is 0. The van der Waals surface area contributed by atoms with Crippen LogP contribution in [-0.4, -0.2) is 11.8 Å². The lowest BCUT2D eigenvalue weighted by atomic mass is 9.73. The maximum absolute atomic E-state index is 12.2. The molecule has 0 nitrogen and oxygen atoms in total. The molecule has 0 aliphatic heterocycles. The van der Waals surface area contributed by atoms with E-state index >= 15 is 0 Å². The second kappa shape index (κ2) is 4.54. The van der Waals surface area contributed by atoms with E-state index in [0.717, 1.165) is 31.0 Å². The highest BCUT2D eigenvalue weighted by Crippen LogP contribution is 2.42. The fourth-order valence-electron chi connectivity index (χ4n) is 2.02. The number of hydrogen-bond acceptors (Lipinski definition) is 0. The first-order chi connectivity index (χ1) is 5.68. The summed E-state index contributed by atoms with van der Waals surface area (Å²) >= 11 is 3.36. The van der Waals surface area contributed by atoms with Gasteiger partial charge < -0.3 is 0 Å². The Morgan fingerprint density at radius 1 is 1.17 bits per heavy atom. The first-order valence-corrected chi connectivity index (χ1v) is 5.65. The van der Waals surface area contributed by atoms with Gasteiger partial charge in [-0.25, -0.2) is 8.78 Å². The van der Waals surface area contributed by atoms with Crippen LogP contribution in [0.3, 0.4) is 0 Å². The number of alkyl halides is 3. The van der Waals surface area contributed by atoms with E-state index in [-0.39, 0.29) is 11.8 Å². The molecule has 0 atom stereocenters. The molecule has 1 fully saturated rings. The quantitative estimate of drug-likeness (QED) is 0.655. The molecule has 0 radical (unpaired) electrons. The Bertz CT molecular complexity index is 130. The summed E-state index contributed by atoms with van der Waals surface area (Å²) in [7, 11) is 0. The van der Waals surface area contributed by atoms with Crippen molar-refractivity contribution in [3.8, 4) is 0 Å². The van der Waals surface area contributed by atoms with Gasteiger partial charge in [-0.2, -0.15) is 0 Å². The van der Waals surface area contributed by atoms with E-state index in [9.17, 15) is 8.78 Å². The highest BCUT2D eigenvalue weighted by atomic mass is 79.9. The van der Waals surface area contributed by atoms with Crippen LogP contribution in [0.4, 0.5) is 8.78 Å². The van der Waals surface area contributed by atoms with E-state index in [2.05, 4.69) is 15.9 Å². The summed E-state index contributed by atoms with van der Waals surface area (Å²) in [6.07, 6.45) is 3.36. The summed E-state index contributed by atoms with van der Waals surface area (Å²) in [5.74, 6) is 0. The fraction of sp³-hybridized carbons (Fsp3) is 1.00. The van der Waals surface area contributed by atoms with Gasteiger partial charge in [-0.3, -0.25) is 0 Å². The lowest BCUT2D eigenvalue weighted by molar-refractivity contribution is 0.0627. The first kappa shape index (κ1) is 10.4. The van der Waals surface area contributed by atoms with Crippen molar-refractivity contribution in [1.29, 1.82) is 0 Å². The summed E-state index contributed by atoms with van der Waals surface area (Å²) < 4.78 is 24.5. The number of halogens is 3. The van der Waals surface area contributed by atoms with Crippen molar-refractivity contribution in [2.24, 2.45) is 5.41 Å². The average Bonchev–Trinajstić information content (AvgIpc) is 2.05. The van der Waals surface area contributed by atoms with E-state index in [1.807, 2.05) is 0 Å². The van der Waals surface area contributed by atoms with Gasteiger partial charge in [0.1, 0.15) is 0 Å². The number of hydrogen-bond donors (Lipinski definition) is 0. The second-order valence-electron chi connectivity index (χ2n) is 3.79. The molecule has 1 saturated carbocycles. The second-order valence-corrected chi connectivity index (χ2v) is 4.35. The molecular weight excluding hydrogens is 226 g/mol. The van der Waals surface area contributed by atoms with E-state index in [0.29, 0.717) is 0 Å². The zero-order valence-electron chi connectivity index (χ0n) is 7.16. The molecule has 0 amide bonds. The van der Waals surface area contributed by atoms with Crippen LogP contribution in [0.1, 0.15) is 38.5 Å². The van der Waals surface area contributed by atoms with E-state index in [1.54, 1.807) is 0 Å². The zero-order valence-corrected chi connectivity index (χ0v) is 8.75.